The maximum atomic E-state index is 13.8. The summed E-state index contributed by atoms with van der Waals surface area (Å²) in [6.07, 6.45) is 9.75. The van der Waals surface area contributed by atoms with E-state index in [0.29, 0.717) is 24.9 Å². The lowest BCUT2D eigenvalue weighted by molar-refractivity contribution is -0.136. The number of nitrogens with zero attached hydrogens (tertiary/aromatic N) is 3. The van der Waals surface area contributed by atoms with Gasteiger partial charge in [0.25, 0.3) is 0 Å². The molecular weight excluding hydrogens is 759 g/mol. The number of carbonyl (C=O) groups is 4. The van der Waals surface area contributed by atoms with Crippen LogP contribution in [0.5, 0.6) is 0 Å². The summed E-state index contributed by atoms with van der Waals surface area (Å²) in [6.45, 7) is 13.2. The molecule has 0 saturated carbocycles. The second-order valence-electron chi connectivity index (χ2n) is 17.6. The minimum atomic E-state index is -0.685. The topological polar surface area (TPSA) is 162 Å². The van der Waals surface area contributed by atoms with Crippen LogP contribution in [0.3, 0.4) is 0 Å². The molecule has 0 bridgehead atoms. The molecule has 1 aliphatic carbocycles. The molecule has 13 heteroatoms. The molecule has 1 unspecified atom stereocenters. The average molecular weight is 818 g/mol. The van der Waals surface area contributed by atoms with Crippen LogP contribution in [0, 0.1) is 23.7 Å². The second-order valence-corrected chi connectivity index (χ2v) is 17.6. The van der Waals surface area contributed by atoms with Gasteiger partial charge in [-0.25, -0.2) is 14.6 Å². The Morgan fingerprint density at radius 3 is 1.87 bits per heavy atom. The molecule has 4 heterocycles. The Balaban J connectivity index is 1.01. The largest absolute Gasteiger partial charge is 0.453 e. The third-order valence-electron chi connectivity index (χ3n) is 12.4. The number of carbonyl (C=O) groups excluding carboxylic acids is 4. The van der Waals surface area contributed by atoms with Crippen LogP contribution < -0.4 is 10.6 Å². The lowest BCUT2D eigenvalue weighted by Crippen LogP contribution is -2.51. The highest BCUT2D eigenvalue weighted by Gasteiger charge is 2.41. The van der Waals surface area contributed by atoms with Crippen LogP contribution >= 0.6 is 0 Å². The summed E-state index contributed by atoms with van der Waals surface area (Å²) in [5.74, 6) is 1.11. The zero-order chi connectivity index (χ0) is 42.8. The number of alkyl carbamates (subject to hydrolysis) is 2. The first-order valence-corrected chi connectivity index (χ1v) is 21.2. The zero-order valence-corrected chi connectivity index (χ0v) is 36.0. The Morgan fingerprint density at radius 1 is 0.733 bits per heavy atom. The highest BCUT2D eigenvalue weighted by Crippen LogP contribution is 2.39. The van der Waals surface area contributed by atoms with Crippen molar-refractivity contribution >= 4 is 40.5 Å². The van der Waals surface area contributed by atoms with E-state index in [1.165, 1.54) is 14.2 Å². The molecule has 3 aliphatic rings. The third kappa shape index (κ3) is 8.85. The normalized spacial score (nSPS) is 22.6. The van der Waals surface area contributed by atoms with Crippen LogP contribution in [0.2, 0.25) is 0 Å². The summed E-state index contributed by atoms with van der Waals surface area (Å²) < 4.78 is 9.60. The number of methoxy groups -OCH3 is 2. The van der Waals surface area contributed by atoms with E-state index in [4.69, 9.17) is 14.5 Å². The van der Waals surface area contributed by atoms with E-state index in [0.717, 1.165) is 69.6 Å². The fourth-order valence-corrected chi connectivity index (χ4v) is 9.03. The summed E-state index contributed by atoms with van der Waals surface area (Å²) in [5.41, 5.74) is 7.50. The van der Waals surface area contributed by atoms with E-state index in [9.17, 15) is 19.2 Å². The molecular formula is C47H59N7O6. The molecule has 60 heavy (non-hydrogen) atoms. The van der Waals surface area contributed by atoms with E-state index < -0.39 is 24.3 Å². The van der Waals surface area contributed by atoms with Crippen molar-refractivity contribution in [1.82, 2.24) is 35.4 Å². The molecule has 0 spiro atoms. The molecule has 4 amide bonds. The number of nitrogens with one attached hydrogen (secondary N) is 4. The maximum Gasteiger partial charge on any atom is 0.407 e. The molecule has 318 valence electrons. The van der Waals surface area contributed by atoms with Crippen molar-refractivity contribution in [2.45, 2.75) is 90.9 Å². The van der Waals surface area contributed by atoms with Crippen LogP contribution in [0.4, 0.5) is 9.59 Å². The predicted octanol–water partition coefficient (Wildman–Crippen LogP) is 8.27. The van der Waals surface area contributed by atoms with Gasteiger partial charge in [0.1, 0.15) is 17.9 Å². The number of imidazole rings is 1. The Bertz CT molecular complexity index is 2270. The highest BCUT2D eigenvalue weighted by atomic mass is 16.5. The molecule has 2 aromatic carbocycles. The fourth-order valence-electron chi connectivity index (χ4n) is 9.03. The Labute approximate surface area is 352 Å². The van der Waals surface area contributed by atoms with Gasteiger partial charge in [-0.3, -0.25) is 9.59 Å². The molecule has 13 nitrogen and oxygen atoms in total. The second kappa shape index (κ2) is 17.8. The maximum absolute atomic E-state index is 13.8. The number of hydrogen-bond acceptors (Lipinski definition) is 7. The van der Waals surface area contributed by atoms with E-state index in [-0.39, 0.29) is 41.7 Å². The van der Waals surface area contributed by atoms with Gasteiger partial charge in [0.15, 0.2) is 0 Å². The standard InChI is InChI=1S/C47H59N7O6/c1-26(2)41(51-46(57)59-7)44(55)53-24-28(5)19-39(53)37-22-35-18-17-34(21-36(35)49-37)32-11-9-30(10-12-32)31-13-15-33(16-14-31)38-23-48-43(50-38)40-20-29(6)25-54(40)45(56)42(27(3)4)52-47(58)60-8/h9-15,17-18,21-23,26-29,33,39-42,49H,16,19-20,24-25H2,1-8H3,(H,48,50)(H,51,57)(H,52,58)/t28-,29-,33?,39-,40-,41-,42-/m0/s1. The van der Waals surface area contributed by atoms with E-state index >= 15 is 0 Å². The molecule has 2 saturated heterocycles. The van der Waals surface area contributed by atoms with E-state index in [1.807, 2.05) is 43.7 Å². The number of aromatic nitrogens is 3. The number of ether oxygens (including phenoxy) is 2. The summed E-state index contributed by atoms with van der Waals surface area (Å²) in [4.78, 5) is 67.3. The number of aromatic amines is 2. The number of allylic oxidation sites excluding steroid dienone is 4. The first-order chi connectivity index (χ1) is 28.7. The molecule has 2 aromatic heterocycles. The number of H-pyrrole nitrogens is 2. The minimum absolute atomic E-state index is 0.0922. The average Bonchev–Trinajstić information content (AvgIpc) is 4.06. The van der Waals surface area contributed by atoms with Gasteiger partial charge >= 0.3 is 12.2 Å². The predicted molar refractivity (Wildman–Crippen MR) is 232 cm³/mol. The van der Waals surface area contributed by atoms with Gasteiger partial charge in [0, 0.05) is 42.1 Å². The van der Waals surface area contributed by atoms with E-state index in [2.05, 4.69) is 101 Å². The quantitative estimate of drug-likeness (QED) is 0.119. The monoisotopic (exact) mass is 817 g/mol. The summed E-state index contributed by atoms with van der Waals surface area (Å²) in [6, 6.07) is 15.5. The number of amides is 4. The Morgan fingerprint density at radius 2 is 1.30 bits per heavy atom. The van der Waals surface area contributed by atoms with Crippen LogP contribution in [-0.2, 0) is 19.1 Å². The lowest BCUT2D eigenvalue weighted by Gasteiger charge is -2.30. The van der Waals surface area contributed by atoms with Crippen LogP contribution in [0.1, 0.15) is 102 Å². The zero-order valence-electron chi connectivity index (χ0n) is 36.0. The summed E-state index contributed by atoms with van der Waals surface area (Å²) in [7, 11) is 2.61. The van der Waals surface area contributed by atoms with Gasteiger partial charge in [0.2, 0.25) is 11.8 Å². The van der Waals surface area contributed by atoms with Crippen molar-refractivity contribution in [3.63, 3.8) is 0 Å². The third-order valence-corrected chi connectivity index (χ3v) is 12.4. The van der Waals surface area contributed by atoms with Crippen LogP contribution in [0.25, 0.3) is 27.6 Å². The molecule has 7 atom stereocenters. The van der Waals surface area contributed by atoms with Crippen molar-refractivity contribution < 1.29 is 28.7 Å². The smallest absolute Gasteiger partial charge is 0.407 e. The minimum Gasteiger partial charge on any atom is -0.453 e. The number of likely N-dealkylation sites (tertiary alicyclic amines) is 2. The molecule has 2 fully saturated rings. The molecule has 7 rings (SSSR count). The summed E-state index contributed by atoms with van der Waals surface area (Å²) >= 11 is 0. The van der Waals surface area contributed by atoms with Crippen molar-refractivity contribution in [3.05, 3.63) is 95.7 Å². The van der Waals surface area contributed by atoms with Gasteiger partial charge < -0.3 is 39.9 Å². The van der Waals surface area contributed by atoms with Crippen molar-refractivity contribution in [3.8, 4) is 11.1 Å². The summed E-state index contributed by atoms with van der Waals surface area (Å²) in [5, 5.41) is 6.55. The lowest BCUT2D eigenvalue weighted by atomic mass is 9.90. The number of rotatable bonds is 11. The van der Waals surface area contributed by atoms with Gasteiger partial charge in [-0.2, -0.15) is 0 Å². The van der Waals surface area contributed by atoms with Crippen molar-refractivity contribution in [2.24, 2.45) is 23.7 Å². The Hall–Kier alpha value is -5.85. The van der Waals surface area contributed by atoms with Crippen molar-refractivity contribution in [2.75, 3.05) is 27.3 Å². The number of benzene rings is 2. The first-order valence-electron chi connectivity index (χ1n) is 21.2. The molecule has 0 radical (unpaired) electrons. The van der Waals surface area contributed by atoms with Crippen LogP contribution in [-0.4, -0.2) is 88.1 Å². The fraction of sp³-hybridized carbons (Fsp3) is 0.468. The molecule has 2 aliphatic heterocycles. The van der Waals surface area contributed by atoms with Gasteiger partial charge in [-0.05, 0) is 82.7 Å². The first kappa shape index (κ1) is 42.3. The number of fused-ring (bicyclic) bond motifs is 1. The van der Waals surface area contributed by atoms with Gasteiger partial charge in [0.05, 0.1) is 26.3 Å². The molecule has 4 N–H and O–H groups in total. The van der Waals surface area contributed by atoms with Crippen LogP contribution in [0.15, 0.2) is 73.0 Å². The highest BCUT2D eigenvalue weighted by molar-refractivity contribution is 5.89. The van der Waals surface area contributed by atoms with E-state index in [1.54, 1.807) is 0 Å². The van der Waals surface area contributed by atoms with Crippen molar-refractivity contribution in [1.29, 1.82) is 0 Å². The Kier molecular flexibility index (Phi) is 12.5. The van der Waals surface area contributed by atoms with Gasteiger partial charge in [-0.1, -0.05) is 96.2 Å². The number of hydrogen-bond donors (Lipinski definition) is 4. The SMILES string of the molecule is COC(=O)N[C@H](C(=O)N1C[C@@H](C)C[C@H]1c1cc2ccc(-c3ccc(C4=CCC(c5cnc([C@@H]6C[C@H](C)CN6C(=O)[C@@H](NC(=O)OC)C(C)C)[nH]5)C=C4)cc3)cc2[nH]1)C(C)C. The molecule has 4 aromatic rings. The van der Waals surface area contributed by atoms with Gasteiger partial charge in [-0.15, -0.1) is 0 Å².